The van der Waals surface area contributed by atoms with E-state index in [9.17, 15) is 13.2 Å². The van der Waals surface area contributed by atoms with E-state index in [0.717, 1.165) is 17.7 Å². The number of hydrogen-bond donors (Lipinski definition) is 0. The summed E-state index contributed by atoms with van der Waals surface area (Å²) >= 11 is 1.63. The van der Waals surface area contributed by atoms with Crippen LogP contribution in [0.4, 0.5) is 0 Å². The molecule has 0 bridgehead atoms. The Kier molecular flexibility index (Phi) is 6.84. The van der Waals surface area contributed by atoms with Crippen LogP contribution in [0.15, 0.2) is 46.7 Å². The summed E-state index contributed by atoms with van der Waals surface area (Å²) in [6.45, 7) is 3.35. The van der Waals surface area contributed by atoms with Gasteiger partial charge in [0.25, 0.3) is 5.91 Å². The normalized spacial score (nSPS) is 18.9. The maximum atomic E-state index is 13.3. The van der Waals surface area contributed by atoms with Crippen LogP contribution in [0.3, 0.4) is 0 Å². The molecule has 0 N–H and O–H groups in total. The maximum absolute atomic E-state index is 13.3. The van der Waals surface area contributed by atoms with Gasteiger partial charge in [-0.15, -0.1) is 11.3 Å². The fraction of sp³-hybridized carbons (Fsp3) is 0.476. The maximum Gasteiger partial charge on any atom is 0.254 e. The number of nitrogens with zero attached hydrogens (tertiary/aromatic N) is 2. The molecule has 2 aliphatic rings. The van der Waals surface area contributed by atoms with Crippen LogP contribution >= 0.6 is 11.3 Å². The van der Waals surface area contributed by atoms with Gasteiger partial charge in [-0.3, -0.25) is 4.79 Å². The third-order valence-corrected chi connectivity index (χ3v) is 8.28. The van der Waals surface area contributed by atoms with Crippen LogP contribution in [0.1, 0.15) is 28.1 Å². The number of amides is 1. The molecule has 1 amide bonds. The largest absolute Gasteiger partial charge is 0.381 e. The number of rotatable bonds is 6. The van der Waals surface area contributed by atoms with E-state index in [0.29, 0.717) is 51.6 Å². The molecule has 2 aliphatic heterocycles. The van der Waals surface area contributed by atoms with Gasteiger partial charge in [-0.1, -0.05) is 6.07 Å². The molecule has 4 rings (SSSR count). The van der Waals surface area contributed by atoms with Crippen molar-refractivity contribution in [2.75, 3.05) is 39.5 Å². The number of hydrogen-bond acceptors (Lipinski definition) is 6. The van der Waals surface area contributed by atoms with Crippen LogP contribution in [-0.2, 0) is 26.0 Å². The Hall–Kier alpha value is -1.78. The van der Waals surface area contributed by atoms with Crippen LogP contribution in [0, 0.1) is 0 Å². The smallest absolute Gasteiger partial charge is 0.254 e. The monoisotopic (exact) mass is 450 g/mol. The molecule has 0 atom stereocenters. The van der Waals surface area contributed by atoms with Crippen molar-refractivity contribution in [1.29, 1.82) is 0 Å². The lowest BCUT2D eigenvalue weighted by Crippen LogP contribution is -2.43. The second kappa shape index (κ2) is 9.57. The standard InChI is InChI=1S/C21H26N2O5S2/c24-21(23(16-19-2-1-15-29-19)18-7-11-27-12-8-18)17-3-5-20(6-4-17)30(25,26)22-9-13-28-14-10-22/h1-6,15,18H,7-14,16H2. The highest BCUT2D eigenvalue weighted by Gasteiger charge is 2.29. The van der Waals surface area contributed by atoms with Gasteiger partial charge < -0.3 is 14.4 Å². The Bertz CT molecular complexity index is 932. The Morgan fingerprint density at radius 3 is 2.33 bits per heavy atom. The average molecular weight is 451 g/mol. The average Bonchev–Trinajstić information content (AvgIpc) is 3.32. The molecule has 2 saturated heterocycles. The van der Waals surface area contributed by atoms with Gasteiger partial charge in [-0.05, 0) is 48.6 Å². The molecule has 0 spiro atoms. The van der Waals surface area contributed by atoms with Crippen molar-refractivity contribution >= 4 is 27.3 Å². The molecule has 1 aromatic heterocycles. The predicted molar refractivity (Wildman–Crippen MR) is 114 cm³/mol. The first-order valence-electron chi connectivity index (χ1n) is 10.1. The van der Waals surface area contributed by atoms with Gasteiger partial charge in [0.05, 0.1) is 24.7 Å². The SMILES string of the molecule is O=C(c1ccc(S(=O)(=O)N2CCOCC2)cc1)N(Cc1cccs1)C1CCOCC1. The van der Waals surface area contributed by atoms with Crippen LogP contribution < -0.4 is 0 Å². The van der Waals surface area contributed by atoms with Crippen molar-refractivity contribution < 1.29 is 22.7 Å². The first kappa shape index (κ1) is 21.5. The fourth-order valence-electron chi connectivity index (χ4n) is 3.81. The number of thiophene rings is 1. The number of morpholine rings is 1. The van der Waals surface area contributed by atoms with Gasteiger partial charge in [0, 0.05) is 42.8 Å². The summed E-state index contributed by atoms with van der Waals surface area (Å²) in [4.78, 5) is 16.6. The molecule has 3 heterocycles. The summed E-state index contributed by atoms with van der Waals surface area (Å²) in [7, 11) is -3.57. The third-order valence-electron chi connectivity index (χ3n) is 5.51. The van der Waals surface area contributed by atoms with Gasteiger partial charge >= 0.3 is 0 Å². The lowest BCUT2D eigenvalue weighted by atomic mass is 10.0. The third kappa shape index (κ3) is 4.76. The first-order valence-corrected chi connectivity index (χ1v) is 12.5. The first-order chi connectivity index (χ1) is 14.6. The van der Waals surface area contributed by atoms with E-state index in [1.165, 1.54) is 16.4 Å². The zero-order valence-electron chi connectivity index (χ0n) is 16.7. The van der Waals surface area contributed by atoms with Crippen molar-refractivity contribution in [3.05, 3.63) is 52.2 Å². The summed E-state index contributed by atoms with van der Waals surface area (Å²) in [6, 6.07) is 10.4. The van der Waals surface area contributed by atoms with E-state index < -0.39 is 10.0 Å². The molecule has 0 unspecified atom stereocenters. The summed E-state index contributed by atoms with van der Waals surface area (Å²) in [5.74, 6) is -0.0781. The van der Waals surface area contributed by atoms with Crippen molar-refractivity contribution in [2.24, 2.45) is 0 Å². The van der Waals surface area contributed by atoms with Crippen molar-refractivity contribution in [3.8, 4) is 0 Å². The summed E-state index contributed by atoms with van der Waals surface area (Å²) in [6.07, 6.45) is 1.61. The summed E-state index contributed by atoms with van der Waals surface area (Å²) in [5.41, 5.74) is 0.499. The van der Waals surface area contributed by atoms with Crippen LogP contribution in [-0.4, -0.2) is 69.1 Å². The minimum Gasteiger partial charge on any atom is -0.381 e. The quantitative estimate of drug-likeness (QED) is 0.676. The Balaban J connectivity index is 1.54. The van der Waals surface area contributed by atoms with Crippen LogP contribution in [0.5, 0.6) is 0 Å². The molecule has 9 heteroatoms. The van der Waals surface area contributed by atoms with Gasteiger partial charge in [0.2, 0.25) is 10.0 Å². The zero-order valence-corrected chi connectivity index (χ0v) is 18.4. The minimum absolute atomic E-state index is 0.0781. The molecule has 0 aliphatic carbocycles. The van der Waals surface area contributed by atoms with E-state index in [-0.39, 0.29) is 16.8 Å². The highest BCUT2D eigenvalue weighted by atomic mass is 32.2. The second-order valence-electron chi connectivity index (χ2n) is 7.40. The molecule has 0 radical (unpaired) electrons. The van der Waals surface area contributed by atoms with Crippen molar-refractivity contribution in [1.82, 2.24) is 9.21 Å². The van der Waals surface area contributed by atoms with Crippen LogP contribution in [0.2, 0.25) is 0 Å². The molecule has 7 nitrogen and oxygen atoms in total. The Morgan fingerprint density at radius 1 is 1.03 bits per heavy atom. The number of ether oxygens (including phenoxy) is 2. The molecular weight excluding hydrogens is 424 g/mol. The van der Waals surface area contributed by atoms with Crippen molar-refractivity contribution in [2.45, 2.75) is 30.3 Å². The summed E-state index contributed by atoms with van der Waals surface area (Å²) < 4.78 is 37.8. The summed E-state index contributed by atoms with van der Waals surface area (Å²) in [5, 5.41) is 2.01. The number of benzene rings is 1. The molecule has 1 aromatic carbocycles. The highest BCUT2D eigenvalue weighted by Crippen LogP contribution is 2.24. The number of carbonyl (C=O) groups is 1. The molecule has 0 saturated carbocycles. The van der Waals surface area contributed by atoms with E-state index >= 15 is 0 Å². The van der Waals surface area contributed by atoms with Gasteiger partial charge in [-0.2, -0.15) is 4.31 Å². The van der Waals surface area contributed by atoms with E-state index in [1.54, 1.807) is 23.5 Å². The fourth-order valence-corrected chi connectivity index (χ4v) is 5.92. The number of carbonyl (C=O) groups excluding carboxylic acids is 1. The van der Waals surface area contributed by atoms with E-state index in [4.69, 9.17) is 9.47 Å². The van der Waals surface area contributed by atoms with Gasteiger partial charge in [0.1, 0.15) is 0 Å². The highest BCUT2D eigenvalue weighted by molar-refractivity contribution is 7.89. The van der Waals surface area contributed by atoms with E-state index in [2.05, 4.69) is 0 Å². The zero-order chi connectivity index (χ0) is 21.0. The number of sulfonamides is 1. The molecule has 30 heavy (non-hydrogen) atoms. The van der Waals surface area contributed by atoms with Crippen molar-refractivity contribution in [3.63, 3.8) is 0 Å². The van der Waals surface area contributed by atoms with Gasteiger partial charge in [-0.25, -0.2) is 8.42 Å². The van der Waals surface area contributed by atoms with E-state index in [1.807, 2.05) is 22.4 Å². The lowest BCUT2D eigenvalue weighted by Gasteiger charge is -2.34. The second-order valence-corrected chi connectivity index (χ2v) is 10.4. The Morgan fingerprint density at radius 2 is 1.70 bits per heavy atom. The molecule has 162 valence electrons. The topological polar surface area (TPSA) is 76.2 Å². The molecular formula is C21H26N2O5S2. The molecule has 2 fully saturated rings. The molecule has 2 aromatic rings. The Labute approximate surface area is 181 Å². The minimum atomic E-state index is -3.57. The van der Waals surface area contributed by atoms with Gasteiger partial charge in [0.15, 0.2) is 0 Å². The lowest BCUT2D eigenvalue weighted by molar-refractivity contribution is 0.0270. The van der Waals surface area contributed by atoms with Crippen LogP contribution in [0.25, 0.3) is 0 Å². The predicted octanol–water partition coefficient (Wildman–Crippen LogP) is 2.59.